The summed E-state index contributed by atoms with van der Waals surface area (Å²) < 4.78 is 35.5. The molecule has 0 aromatic carbocycles. The van der Waals surface area contributed by atoms with Crippen LogP contribution in [0.25, 0.3) is 0 Å². The number of nitrogens with one attached hydrogen (secondary N) is 2. The van der Waals surface area contributed by atoms with Crippen molar-refractivity contribution in [2.45, 2.75) is 185 Å². The van der Waals surface area contributed by atoms with Crippen LogP contribution >= 0.6 is 0 Å². The molecule has 5 fully saturated rings. The van der Waals surface area contributed by atoms with Gasteiger partial charge in [0.1, 0.15) is 61.0 Å². The summed E-state index contributed by atoms with van der Waals surface area (Å²) in [6, 6.07) is -4.91. The van der Waals surface area contributed by atoms with Gasteiger partial charge in [0.05, 0.1) is 49.7 Å². The number of aliphatic hydroxyl groups is 8. The van der Waals surface area contributed by atoms with Crippen molar-refractivity contribution in [1.82, 2.24) is 10.6 Å². The van der Waals surface area contributed by atoms with Crippen LogP contribution in [0.4, 0.5) is 0 Å². The maximum absolute atomic E-state index is 10.9. The van der Waals surface area contributed by atoms with Crippen LogP contribution < -0.4 is 56.5 Å². The molecule has 26 N–H and O–H groups in total. The highest BCUT2D eigenvalue weighted by molar-refractivity contribution is 5.02. The summed E-state index contributed by atoms with van der Waals surface area (Å²) in [7, 11) is 0. The highest BCUT2D eigenvalue weighted by Crippen LogP contribution is 2.31. The molecule has 24 nitrogen and oxygen atoms in total. The number of hydrogen-bond donors (Lipinski definition) is 18. The molecular weight excluding hydrogens is 796 g/mol. The molecule has 3 aliphatic carbocycles. The van der Waals surface area contributed by atoms with E-state index in [4.69, 9.17) is 74.3 Å². The van der Waals surface area contributed by atoms with E-state index in [0.717, 1.165) is 25.7 Å². The zero-order valence-corrected chi connectivity index (χ0v) is 34.0. The Labute approximate surface area is 349 Å². The number of rotatable bonds is 18. The van der Waals surface area contributed by atoms with E-state index in [1.807, 2.05) is 0 Å². The highest BCUT2D eigenvalue weighted by Gasteiger charge is 2.51. The van der Waals surface area contributed by atoms with Crippen LogP contribution in [0, 0.1) is 0 Å². The first-order valence-corrected chi connectivity index (χ1v) is 21.1. The van der Waals surface area contributed by atoms with Crippen molar-refractivity contribution in [3.8, 4) is 0 Å². The van der Waals surface area contributed by atoms with E-state index >= 15 is 0 Å². The van der Waals surface area contributed by atoms with E-state index in [2.05, 4.69) is 10.6 Å². The first-order valence-electron chi connectivity index (χ1n) is 21.1. The average molecular weight is 871 g/mol. The number of nitrogens with two attached hydrogens (primary N) is 8. The quantitative estimate of drug-likeness (QED) is 0.0608. The standard InChI is InChI=1S/C36H74N10O14/c37-7-21-27(51)29(53)23(43)35(57-21)59-31-19(41)5-17(39)25(49)33(31)55-11-15(47)9-45-13-1-2-14(4-3-13)46-10-16(48)12-56-34-26(50)18(40)6-20(42)32(34)60-36-24(44)30(54)28(52)22(8-38)58-36/h13-36,45-54H,1-12,37-44H2/t13?,14?,15-,16-,17-,18-,19+,20+,21-,22-,23-,24-,25+,26+,27-,28-,29-,30-,31-,32-,33-,34-,35-,36-/m1/s1. The molecule has 60 heavy (non-hydrogen) atoms. The third-order valence-corrected chi connectivity index (χ3v) is 12.6. The van der Waals surface area contributed by atoms with Crippen molar-refractivity contribution in [3.63, 3.8) is 0 Å². The van der Waals surface area contributed by atoms with Gasteiger partial charge in [-0.15, -0.1) is 0 Å². The molecule has 2 heterocycles. The fourth-order valence-corrected chi connectivity index (χ4v) is 8.80. The first-order chi connectivity index (χ1) is 28.4. The van der Waals surface area contributed by atoms with Crippen molar-refractivity contribution < 1.29 is 69.3 Å². The van der Waals surface area contributed by atoms with Gasteiger partial charge in [0, 0.05) is 62.4 Å². The summed E-state index contributed by atoms with van der Waals surface area (Å²) >= 11 is 0. The van der Waals surface area contributed by atoms with Gasteiger partial charge >= 0.3 is 0 Å². The molecule has 3 saturated carbocycles. The number of hydrogen-bond acceptors (Lipinski definition) is 24. The zero-order chi connectivity index (χ0) is 44.0. The Morgan fingerprint density at radius 3 is 1.18 bits per heavy atom. The summed E-state index contributed by atoms with van der Waals surface area (Å²) in [6.45, 7) is -0.164. The second kappa shape index (κ2) is 22.8. The Morgan fingerprint density at radius 2 is 0.850 bits per heavy atom. The summed E-state index contributed by atoms with van der Waals surface area (Å²) in [5.74, 6) is 0. The average Bonchev–Trinajstić information content (AvgIpc) is 3.23. The normalized spacial score (nSPS) is 47.8. The molecule has 5 rings (SSSR count). The van der Waals surface area contributed by atoms with Crippen molar-refractivity contribution in [3.05, 3.63) is 0 Å². The molecule has 0 radical (unpaired) electrons. The minimum atomic E-state index is -1.38. The molecule has 0 unspecified atom stereocenters. The van der Waals surface area contributed by atoms with E-state index in [-0.39, 0.29) is 64.3 Å². The third kappa shape index (κ3) is 12.2. The maximum Gasteiger partial charge on any atom is 0.176 e. The number of aliphatic hydroxyl groups excluding tert-OH is 8. The van der Waals surface area contributed by atoms with E-state index in [0.29, 0.717) is 0 Å². The van der Waals surface area contributed by atoms with Gasteiger partial charge in [-0.2, -0.15) is 0 Å². The Balaban J connectivity index is 1.02. The summed E-state index contributed by atoms with van der Waals surface area (Å²) in [5, 5.41) is 91.6. The third-order valence-electron chi connectivity index (χ3n) is 12.6. The monoisotopic (exact) mass is 871 g/mol. The lowest BCUT2D eigenvalue weighted by molar-refractivity contribution is -0.292. The van der Waals surface area contributed by atoms with Gasteiger partial charge in [-0.05, 0) is 38.5 Å². The Morgan fingerprint density at radius 1 is 0.500 bits per heavy atom. The predicted octanol–water partition coefficient (Wildman–Crippen LogP) is -9.96. The van der Waals surface area contributed by atoms with Crippen LogP contribution in [-0.4, -0.2) is 227 Å². The van der Waals surface area contributed by atoms with Gasteiger partial charge in [0.2, 0.25) is 0 Å². The van der Waals surface area contributed by atoms with Gasteiger partial charge in [0.15, 0.2) is 12.6 Å². The van der Waals surface area contributed by atoms with Crippen LogP contribution in [0.3, 0.4) is 0 Å². The molecule has 0 aromatic heterocycles. The van der Waals surface area contributed by atoms with Gasteiger partial charge < -0.3 is 126 Å². The van der Waals surface area contributed by atoms with Crippen LogP contribution in [0.2, 0.25) is 0 Å². The summed E-state index contributed by atoms with van der Waals surface area (Å²) in [6.07, 6.45) is -14.5. The first kappa shape index (κ1) is 50.0. The molecule has 0 aromatic rings. The maximum atomic E-state index is 10.9. The van der Waals surface area contributed by atoms with E-state index < -0.39 is 134 Å². The molecule has 5 aliphatic rings. The Bertz CT molecular complexity index is 1180. The van der Waals surface area contributed by atoms with Crippen molar-refractivity contribution in [2.75, 3.05) is 39.4 Å². The molecule has 0 bridgehead atoms. The van der Waals surface area contributed by atoms with Gasteiger partial charge in [-0.1, -0.05) is 0 Å². The Hall–Kier alpha value is -0.960. The van der Waals surface area contributed by atoms with E-state index in [1.165, 1.54) is 0 Å². The van der Waals surface area contributed by atoms with Crippen molar-refractivity contribution in [1.29, 1.82) is 0 Å². The summed E-state index contributed by atoms with van der Waals surface area (Å²) in [5.41, 5.74) is 48.5. The molecule has 2 aliphatic heterocycles. The van der Waals surface area contributed by atoms with Crippen LogP contribution in [0.15, 0.2) is 0 Å². The molecule has 0 spiro atoms. The molecular formula is C36H74N10O14. The topological polar surface area (TPSA) is 449 Å². The number of ether oxygens (including phenoxy) is 6. The molecule has 22 atom stereocenters. The second-order valence-electron chi connectivity index (χ2n) is 17.3. The lowest BCUT2D eigenvalue weighted by Gasteiger charge is -2.47. The highest BCUT2D eigenvalue weighted by atomic mass is 16.7. The lowest BCUT2D eigenvalue weighted by atomic mass is 9.84. The minimum absolute atomic E-state index is 0.102. The van der Waals surface area contributed by atoms with Gasteiger partial charge in [-0.25, -0.2) is 0 Å². The van der Waals surface area contributed by atoms with Gasteiger partial charge in [0.25, 0.3) is 0 Å². The van der Waals surface area contributed by atoms with Gasteiger partial charge in [-0.3, -0.25) is 0 Å². The zero-order valence-electron chi connectivity index (χ0n) is 34.0. The molecule has 352 valence electrons. The minimum Gasteiger partial charge on any atom is -0.389 e. The molecule has 0 amide bonds. The van der Waals surface area contributed by atoms with E-state index in [1.54, 1.807) is 0 Å². The largest absolute Gasteiger partial charge is 0.389 e. The summed E-state index contributed by atoms with van der Waals surface area (Å²) in [4.78, 5) is 0. The SMILES string of the molecule is NC[C@H]1O[C@H](O[C@H]2[C@H](OC[C@H](O)CNC3CCC(NC[C@@H](O)CO[C@@H]4[C@@H](O)[C@H](N)C[C@H](N)[C@H]4O[C@H]4O[C@H](CN)[C@@H](O)[C@H](O)[C@H]4N)CC3)[C@@H](O)[C@H](N)C[C@@H]2N)[C@H](N)[C@@H](O)[C@@H]1O. The molecule has 2 saturated heterocycles. The van der Waals surface area contributed by atoms with Crippen LogP contribution in [-0.2, 0) is 28.4 Å². The van der Waals surface area contributed by atoms with Crippen molar-refractivity contribution in [2.24, 2.45) is 45.9 Å². The van der Waals surface area contributed by atoms with Crippen molar-refractivity contribution >= 4 is 0 Å². The predicted molar refractivity (Wildman–Crippen MR) is 212 cm³/mol. The van der Waals surface area contributed by atoms with E-state index in [9.17, 15) is 40.9 Å². The lowest BCUT2D eigenvalue weighted by Crippen LogP contribution is -2.68. The molecule has 24 heteroatoms. The fourth-order valence-electron chi connectivity index (χ4n) is 8.80. The fraction of sp³-hybridized carbons (Fsp3) is 1.00. The Kier molecular flexibility index (Phi) is 19.0. The van der Waals surface area contributed by atoms with Crippen LogP contribution in [0.1, 0.15) is 38.5 Å². The smallest absolute Gasteiger partial charge is 0.176 e. The second-order valence-corrected chi connectivity index (χ2v) is 17.3. The van der Waals surface area contributed by atoms with Crippen LogP contribution in [0.5, 0.6) is 0 Å².